The fourth-order valence-electron chi connectivity index (χ4n) is 4.03. The van der Waals surface area contributed by atoms with E-state index in [-0.39, 0.29) is 16.3 Å². The quantitative estimate of drug-likeness (QED) is 0.231. The molecular weight excluding hydrogens is 458 g/mol. The minimum Gasteiger partial charge on any atom is -0.507 e. The van der Waals surface area contributed by atoms with Gasteiger partial charge in [0.05, 0.1) is 21.8 Å². The molecule has 34 heavy (non-hydrogen) atoms. The molecule has 1 fully saturated rings. The van der Waals surface area contributed by atoms with Crippen LogP contribution in [-0.2, 0) is 16.0 Å². The van der Waals surface area contributed by atoms with Crippen molar-refractivity contribution >= 4 is 44.1 Å². The molecule has 4 aromatic rings. The zero-order chi connectivity index (χ0) is 24.0. The average molecular weight is 477 g/mol. The monoisotopic (exact) mass is 476 g/mol. The maximum Gasteiger partial charge on any atom is 0.301 e. The lowest BCUT2D eigenvalue weighted by atomic mass is 9.95. The van der Waals surface area contributed by atoms with Gasteiger partial charge >= 0.3 is 5.91 Å². The third kappa shape index (κ3) is 3.66. The second-order valence-electron chi connectivity index (χ2n) is 7.88. The maximum absolute atomic E-state index is 13.7. The Labute approximate surface area is 197 Å². The SMILES string of the molecule is CCc1ccc2nc(N3C(=O)C(=O)C(=C(O)c4ccc(F)cc4)C3c3ccc(F)cc3)sc2c1. The zero-order valence-corrected chi connectivity index (χ0v) is 18.8. The van der Waals surface area contributed by atoms with E-state index in [1.807, 2.05) is 25.1 Å². The van der Waals surface area contributed by atoms with Crippen molar-refractivity contribution in [1.29, 1.82) is 0 Å². The van der Waals surface area contributed by atoms with Crippen LogP contribution in [0.3, 0.4) is 0 Å². The Kier molecular flexibility index (Phi) is 5.45. The van der Waals surface area contributed by atoms with Gasteiger partial charge in [-0.1, -0.05) is 36.5 Å². The van der Waals surface area contributed by atoms with Crippen molar-refractivity contribution in [3.8, 4) is 0 Å². The van der Waals surface area contributed by atoms with Crippen molar-refractivity contribution in [2.45, 2.75) is 19.4 Å². The molecule has 1 N–H and O–H groups in total. The molecule has 5 rings (SSSR count). The number of aliphatic hydroxyl groups excluding tert-OH is 1. The van der Waals surface area contributed by atoms with E-state index in [9.17, 15) is 23.5 Å². The van der Waals surface area contributed by atoms with Gasteiger partial charge < -0.3 is 5.11 Å². The van der Waals surface area contributed by atoms with Crippen molar-refractivity contribution in [3.63, 3.8) is 0 Å². The number of aromatic nitrogens is 1. The van der Waals surface area contributed by atoms with Crippen molar-refractivity contribution in [3.05, 3.63) is 101 Å². The summed E-state index contributed by atoms with van der Waals surface area (Å²) in [4.78, 5) is 32.2. The van der Waals surface area contributed by atoms with E-state index < -0.39 is 35.1 Å². The number of ketones is 1. The molecule has 1 aromatic heterocycles. The first-order chi connectivity index (χ1) is 16.4. The number of amides is 1. The number of benzene rings is 3. The molecule has 0 spiro atoms. The lowest BCUT2D eigenvalue weighted by Crippen LogP contribution is -2.29. The van der Waals surface area contributed by atoms with Gasteiger partial charge in [0.2, 0.25) is 0 Å². The molecule has 5 nitrogen and oxygen atoms in total. The number of thiazole rings is 1. The first-order valence-corrected chi connectivity index (χ1v) is 11.4. The fourth-order valence-corrected chi connectivity index (χ4v) is 5.09. The normalized spacial score (nSPS) is 17.6. The molecule has 0 radical (unpaired) electrons. The van der Waals surface area contributed by atoms with Crippen molar-refractivity contribution in [2.24, 2.45) is 0 Å². The molecule has 0 bridgehead atoms. The number of carbonyl (C=O) groups excluding carboxylic acids is 2. The van der Waals surface area contributed by atoms with E-state index in [0.717, 1.165) is 28.8 Å². The molecule has 1 aliphatic heterocycles. The molecule has 170 valence electrons. The maximum atomic E-state index is 13.7. The summed E-state index contributed by atoms with van der Waals surface area (Å²) in [5.41, 5.74) is 2.23. The van der Waals surface area contributed by atoms with Gasteiger partial charge in [-0.3, -0.25) is 14.5 Å². The van der Waals surface area contributed by atoms with Crippen molar-refractivity contribution in [2.75, 3.05) is 4.90 Å². The number of carbonyl (C=O) groups is 2. The molecule has 8 heteroatoms. The molecule has 3 aromatic carbocycles. The summed E-state index contributed by atoms with van der Waals surface area (Å²) in [6, 6.07) is 15.1. The van der Waals surface area contributed by atoms with Gasteiger partial charge in [-0.15, -0.1) is 0 Å². The number of fused-ring (bicyclic) bond motifs is 1. The summed E-state index contributed by atoms with van der Waals surface area (Å²) < 4.78 is 27.9. The number of nitrogens with zero attached hydrogens (tertiary/aromatic N) is 2. The fraction of sp³-hybridized carbons (Fsp3) is 0.115. The minimum atomic E-state index is -1.03. The number of halogens is 2. The Hall–Kier alpha value is -3.91. The van der Waals surface area contributed by atoms with E-state index in [1.54, 1.807) is 0 Å². The Morgan fingerprint density at radius 1 is 1.00 bits per heavy atom. The molecule has 1 unspecified atom stereocenters. The van der Waals surface area contributed by atoms with Gasteiger partial charge in [-0.05, 0) is 66.1 Å². The summed E-state index contributed by atoms with van der Waals surface area (Å²) in [6.07, 6.45) is 0.834. The van der Waals surface area contributed by atoms with E-state index >= 15 is 0 Å². The number of hydrogen-bond donors (Lipinski definition) is 1. The van der Waals surface area contributed by atoms with E-state index in [1.165, 1.54) is 52.6 Å². The Balaban J connectivity index is 1.71. The number of aliphatic hydroxyl groups is 1. The van der Waals surface area contributed by atoms with Gasteiger partial charge in [0, 0.05) is 5.56 Å². The van der Waals surface area contributed by atoms with Gasteiger partial charge in [-0.2, -0.15) is 0 Å². The van der Waals surface area contributed by atoms with E-state index in [0.29, 0.717) is 11.1 Å². The van der Waals surface area contributed by atoms with Crippen LogP contribution in [0.4, 0.5) is 13.9 Å². The Morgan fingerprint density at radius 2 is 1.65 bits per heavy atom. The first-order valence-electron chi connectivity index (χ1n) is 10.6. The van der Waals surface area contributed by atoms with Crippen LogP contribution in [0.1, 0.15) is 29.7 Å². The summed E-state index contributed by atoms with van der Waals surface area (Å²) in [6.45, 7) is 2.03. The Morgan fingerprint density at radius 3 is 2.29 bits per heavy atom. The van der Waals surface area contributed by atoms with Crippen LogP contribution in [0.15, 0.2) is 72.3 Å². The van der Waals surface area contributed by atoms with Crippen LogP contribution in [0, 0.1) is 11.6 Å². The molecule has 1 amide bonds. The smallest absolute Gasteiger partial charge is 0.301 e. The van der Waals surface area contributed by atoms with Crippen LogP contribution in [-0.4, -0.2) is 21.8 Å². The first kappa shape index (κ1) is 21.9. The van der Waals surface area contributed by atoms with Crippen LogP contribution >= 0.6 is 11.3 Å². The predicted octanol–water partition coefficient (Wildman–Crippen LogP) is 5.76. The lowest BCUT2D eigenvalue weighted by Gasteiger charge is -2.23. The largest absolute Gasteiger partial charge is 0.507 e. The highest BCUT2D eigenvalue weighted by molar-refractivity contribution is 7.22. The molecule has 0 saturated carbocycles. The Bertz CT molecular complexity index is 1460. The molecule has 1 atom stereocenters. The topological polar surface area (TPSA) is 70.5 Å². The number of rotatable bonds is 4. The van der Waals surface area contributed by atoms with Crippen LogP contribution in [0.25, 0.3) is 16.0 Å². The van der Waals surface area contributed by atoms with Crippen LogP contribution in [0.2, 0.25) is 0 Å². The number of anilines is 1. The second kappa shape index (κ2) is 8.46. The molecule has 0 aliphatic carbocycles. The summed E-state index contributed by atoms with van der Waals surface area (Å²) in [5, 5.41) is 11.3. The summed E-state index contributed by atoms with van der Waals surface area (Å²) in [7, 11) is 0. The zero-order valence-electron chi connectivity index (χ0n) is 18.0. The standard InChI is InChI=1S/C26H18F2N2O3S/c1-2-14-3-12-19-20(13-14)34-26(29-19)30-22(15-4-8-17(27)9-5-15)21(24(32)25(30)33)23(31)16-6-10-18(28)11-7-16/h3-13,22,31H,2H2,1H3. The predicted molar refractivity (Wildman–Crippen MR) is 127 cm³/mol. The van der Waals surface area contributed by atoms with Gasteiger partial charge in [0.1, 0.15) is 17.4 Å². The number of aryl methyl sites for hydroxylation is 1. The van der Waals surface area contributed by atoms with Crippen LogP contribution < -0.4 is 4.90 Å². The minimum absolute atomic E-state index is 0.170. The third-order valence-corrected chi connectivity index (χ3v) is 6.82. The van der Waals surface area contributed by atoms with Gasteiger partial charge in [-0.25, -0.2) is 13.8 Å². The average Bonchev–Trinajstić information content (AvgIpc) is 3.37. The highest BCUT2D eigenvalue weighted by atomic mass is 32.1. The van der Waals surface area contributed by atoms with Gasteiger partial charge in [0.15, 0.2) is 5.13 Å². The van der Waals surface area contributed by atoms with Gasteiger partial charge in [0.25, 0.3) is 5.78 Å². The van der Waals surface area contributed by atoms with E-state index in [2.05, 4.69) is 4.98 Å². The number of Topliss-reactive ketones (excluding diaryl/α,β-unsaturated/α-hetero) is 1. The third-order valence-electron chi connectivity index (χ3n) is 5.80. The van der Waals surface area contributed by atoms with Crippen LogP contribution in [0.5, 0.6) is 0 Å². The second-order valence-corrected chi connectivity index (χ2v) is 8.89. The number of hydrogen-bond acceptors (Lipinski definition) is 5. The van der Waals surface area contributed by atoms with E-state index in [4.69, 9.17) is 0 Å². The molecule has 1 aliphatic rings. The summed E-state index contributed by atoms with van der Waals surface area (Å²) >= 11 is 1.26. The highest BCUT2D eigenvalue weighted by Crippen LogP contribution is 2.44. The highest BCUT2D eigenvalue weighted by Gasteiger charge is 2.48. The summed E-state index contributed by atoms with van der Waals surface area (Å²) in [5.74, 6) is -3.18. The molecule has 2 heterocycles. The molecular formula is C26H18F2N2O3S. The molecule has 1 saturated heterocycles. The van der Waals surface area contributed by atoms with Crippen molar-refractivity contribution in [1.82, 2.24) is 4.98 Å². The van der Waals surface area contributed by atoms with Crippen molar-refractivity contribution < 1.29 is 23.5 Å². The lowest BCUT2D eigenvalue weighted by molar-refractivity contribution is -0.132.